The van der Waals surface area contributed by atoms with Gasteiger partial charge in [-0.05, 0) is 79.9 Å². The number of carbonyl (C=O) groups is 2. The van der Waals surface area contributed by atoms with Crippen LogP contribution in [-0.2, 0) is 9.59 Å². The van der Waals surface area contributed by atoms with Gasteiger partial charge in [0, 0.05) is 12.1 Å². The van der Waals surface area contributed by atoms with Gasteiger partial charge in [-0.2, -0.15) is 0 Å². The van der Waals surface area contributed by atoms with Crippen LogP contribution in [0.2, 0.25) is 0 Å². The molecule has 27 heavy (non-hydrogen) atoms. The van der Waals surface area contributed by atoms with E-state index >= 15 is 0 Å². The Bertz CT molecular complexity index is 711. The Morgan fingerprint density at radius 1 is 1.11 bits per heavy atom. The minimum atomic E-state index is -0.251. The molecular weight excluding hydrogens is 342 g/mol. The summed E-state index contributed by atoms with van der Waals surface area (Å²) in [5.41, 5.74) is 7.09. The first-order valence-corrected chi connectivity index (χ1v) is 9.95. The maximum Gasteiger partial charge on any atom is 0.243 e. The zero-order valence-electron chi connectivity index (χ0n) is 15.9. The van der Waals surface area contributed by atoms with Crippen molar-refractivity contribution in [2.24, 2.45) is 23.2 Å². The van der Waals surface area contributed by atoms with Crippen molar-refractivity contribution in [1.29, 1.82) is 0 Å². The van der Waals surface area contributed by atoms with E-state index in [-0.39, 0.29) is 23.8 Å². The summed E-state index contributed by atoms with van der Waals surface area (Å²) >= 11 is 0. The fourth-order valence-electron chi connectivity index (χ4n) is 6.11. The van der Waals surface area contributed by atoms with Gasteiger partial charge in [-0.3, -0.25) is 9.59 Å². The van der Waals surface area contributed by atoms with Gasteiger partial charge in [0.05, 0.1) is 19.3 Å². The Morgan fingerprint density at radius 2 is 1.74 bits per heavy atom. The van der Waals surface area contributed by atoms with Crippen LogP contribution in [0.15, 0.2) is 18.2 Å². The number of benzene rings is 1. The molecule has 6 heteroatoms. The van der Waals surface area contributed by atoms with Crippen molar-refractivity contribution in [2.45, 2.75) is 44.9 Å². The van der Waals surface area contributed by atoms with E-state index in [4.69, 9.17) is 10.5 Å². The molecular formula is C21H29N3O3. The molecule has 4 N–H and O–H groups in total. The van der Waals surface area contributed by atoms with E-state index in [0.717, 1.165) is 17.8 Å². The fraction of sp³-hybridized carbons (Fsp3) is 0.619. The molecule has 0 aromatic heterocycles. The first-order valence-electron chi connectivity index (χ1n) is 9.95. The number of ether oxygens (including phenoxy) is 1. The molecule has 0 heterocycles. The number of hydrogen-bond acceptors (Lipinski definition) is 4. The van der Waals surface area contributed by atoms with Crippen LogP contribution in [0.25, 0.3) is 0 Å². The monoisotopic (exact) mass is 371 g/mol. The number of rotatable bonds is 6. The van der Waals surface area contributed by atoms with Crippen LogP contribution in [0.4, 0.5) is 11.4 Å². The maximum atomic E-state index is 12.5. The first-order chi connectivity index (χ1) is 12.9. The van der Waals surface area contributed by atoms with Gasteiger partial charge in [0.2, 0.25) is 11.8 Å². The fourth-order valence-corrected chi connectivity index (χ4v) is 6.11. The number of anilines is 2. The minimum Gasteiger partial charge on any atom is -0.495 e. The molecule has 4 aliphatic rings. The lowest BCUT2D eigenvalue weighted by Crippen LogP contribution is -2.48. The van der Waals surface area contributed by atoms with Crippen molar-refractivity contribution >= 4 is 23.2 Å². The predicted octanol–water partition coefficient (Wildman–Crippen LogP) is 2.94. The third kappa shape index (κ3) is 3.89. The Labute approximate surface area is 160 Å². The molecule has 1 aromatic carbocycles. The number of carbonyl (C=O) groups excluding carboxylic acids is 2. The van der Waals surface area contributed by atoms with Crippen molar-refractivity contribution in [2.75, 3.05) is 24.7 Å². The molecule has 4 bridgehead atoms. The number of nitrogen functional groups attached to an aromatic ring is 1. The highest BCUT2D eigenvalue weighted by Gasteiger charge is 2.51. The van der Waals surface area contributed by atoms with Crippen LogP contribution in [0.3, 0.4) is 0 Å². The topological polar surface area (TPSA) is 93.5 Å². The summed E-state index contributed by atoms with van der Waals surface area (Å²) in [5, 5.41) is 5.57. The van der Waals surface area contributed by atoms with Crippen LogP contribution >= 0.6 is 0 Å². The van der Waals surface area contributed by atoms with E-state index in [1.54, 1.807) is 25.3 Å². The van der Waals surface area contributed by atoms with E-state index in [0.29, 0.717) is 23.5 Å². The molecule has 4 fully saturated rings. The SMILES string of the molecule is COc1ccc(NC(=O)CNC(=O)CC23CC4CC(CC(C4)C2)C3)cc1N. The first kappa shape index (κ1) is 18.1. The molecule has 1 aromatic rings. The van der Waals surface area contributed by atoms with Crippen LogP contribution < -0.4 is 21.1 Å². The zero-order valence-corrected chi connectivity index (χ0v) is 15.9. The van der Waals surface area contributed by atoms with E-state index in [1.165, 1.54) is 38.5 Å². The van der Waals surface area contributed by atoms with Crippen molar-refractivity contribution in [1.82, 2.24) is 5.32 Å². The van der Waals surface area contributed by atoms with Crippen molar-refractivity contribution in [3.63, 3.8) is 0 Å². The van der Waals surface area contributed by atoms with Gasteiger partial charge < -0.3 is 21.1 Å². The summed E-state index contributed by atoms with van der Waals surface area (Å²) in [6.45, 7) is -0.0167. The van der Waals surface area contributed by atoms with Crippen molar-refractivity contribution in [3.8, 4) is 5.75 Å². The number of amides is 2. The maximum absolute atomic E-state index is 12.5. The Hall–Kier alpha value is -2.24. The van der Waals surface area contributed by atoms with Crippen LogP contribution in [0.5, 0.6) is 5.75 Å². The van der Waals surface area contributed by atoms with Crippen LogP contribution in [-0.4, -0.2) is 25.5 Å². The summed E-state index contributed by atoms with van der Waals surface area (Å²) in [7, 11) is 1.54. The lowest BCUT2D eigenvalue weighted by atomic mass is 9.49. The number of hydrogen-bond donors (Lipinski definition) is 3. The van der Waals surface area contributed by atoms with Crippen molar-refractivity contribution in [3.05, 3.63) is 18.2 Å². The zero-order chi connectivity index (χ0) is 19.0. The van der Waals surface area contributed by atoms with Gasteiger partial charge in [-0.1, -0.05) is 0 Å². The molecule has 0 spiro atoms. The molecule has 0 radical (unpaired) electrons. The largest absolute Gasteiger partial charge is 0.495 e. The average Bonchev–Trinajstić information content (AvgIpc) is 2.58. The molecule has 5 rings (SSSR count). The highest BCUT2D eigenvalue weighted by Crippen LogP contribution is 2.61. The molecule has 4 aliphatic carbocycles. The highest BCUT2D eigenvalue weighted by atomic mass is 16.5. The van der Waals surface area contributed by atoms with Crippen molar-refractivity contribution < 1.29 is 14.3 Å². The van der Waals surface area contributed by atoms with Gasteiger partial charge in [0.1, 0.15) is 5.75 Å². The second-order valence-electron chi connectivity index (χ2n) is 8.88. The number of nitrogens with one attached hydrogen (secondary N) is 2. The normalized spacial score (nSPS) is 30.8. The highest BCUT2D eigenvalue weighted by molar-refractivity contribution is 5.95. The minimum absolute atomic E-state index is 0.00125. The molecule has 0 unspecified atom stereocenters. The number of methoxy groups -OCH3 is 1. The van der Waals surface area contributed by atoms with Gasteiger partial charge in [-0.25, -0.2) is 0 Å². The molecule has 0 saturated heterocycles. The number of nitrogens with two attached hydrogens (primary N) is 1. The molecule has 6 nitrogen and oxygen atoms in total. The summed E-state index contributed by atoms with van der Waals surface area (Å²) < 4.78 is 5.10. The Morgan fingerprint density at radius 3 is 2.30 bits per heavy atom. The second kappa shape index (κ2) is 7.06. The Balaban J connectivity index is 1.27. The van der Waals surface area contributed by atoms with Gasteiger partial charge in [0.15, 0.2) is 0 Å². The molecule has 0 atom stereocenters. The third-order valence-corrected chi connectivity index (χ3v) is 6.66. The molecule has 146 valence electrons. The van der Waals surface area contributed by atoms with E-state index in [9.17, 15) is 9.59 Å². The predicted molar refractivity (Wildman–Crippen MR) is 104 cm³/mol. The third-order valence-electron chi connectivity index (χ3n) is 6.66. The average molecular weight is 371 g/mol. The summed E-state index contributed by atoms with van der Waals surface area (Å²) in [4.78, 5) is 24.6. The lowest BCUT2D eigenvalue weighted by Gasteiger charge is -2.56. The summed E-state index contributed by atoms with van der Waals surface area (Å²) in [5.74, 6) is 2.80. The summed E-state index contributed by atoms with van der Waals surface area (Å²) in [6, 6.07) is 5.08. The Kier molecular flexibility index (Phi) is 4.74. The second-order valence-corrected chi connectivity index (χ2v) is 8.88. The molecule has 0 aliphatic heterocycles. The molecule has 4 saturated carbocycles. The summed E-state index contributed by atoms with van der Waals surface area (Å²) in [6.07, 6.45) is 8.27. The van der Waals surface area contributed by atoms with Gasteiger partial charge in [0.25, 0.3) is 0 Å². The van der Waals surface area contributed by atoms with Gasteiger partial charge >= 0.3 is 0 Å². The standard InChI is InChI=1S/C21H29N3O3/c1-27-18-3-2-16(7-17(18)22)24-20(26)12-23-19(25)11-21-8-13-4-14(9-21)6-15(5-13)10-21/h2-3,7,13-15H,4-6,8-12,22H2,1H3,(H,23,25)(H,24,26). The van der Waals surface area contributed by atoms with E-state index < -0.39 is 0 Å². The van der Waals surface area contributed by atoms with Gasteiger partial charge in [-0.15, -0.1) is 0 Å². The van der Waals surface area contributed by atoms with Crippen LogP contribution in [0, 0.1) is 23.2 Å². The molecule has 2 amide bonds. The quantitative estimate of drug-likeness (QED) is 0.670. The van der Waals surface area contributed by atoms with Crippen LogP contribution in [0.1, 0.15) is 44.9 Å². The smallest absolute Gasteiger partial charge is 0.243 e. The lowest BCUT2D eigenvalue weighted by molar-refractivity contribution is -0.131. The van der Waals surface area contributed by atoms with E-state index in [1.807, 2.05) is 0 Å². The van der Waals surface area contributed by atoms with E-state index in [2.05, 4.69) is 10.6 Å².